The summed E-state index contributed by atoms with van der Waals surface area (Å²) in [6.45, 7) is 3.76. The molecule has 2 unspecified atom stereocenters. The molecule has 0 aliphatic carbocycles. The van der Waals surface area contributed by atoms with E-state index >= 15 is 0 Å². The molecule has 2 atom stereocenters. The molecule has 0 spiro atoms. The van der Waals surface area contributed by atoms with Crippen LogP contribution in [0.4, 0.5) is 5.82 Å². The summed E-state index contributed by atoms with van der Waals surface area (Å²) >= 11 is 5.86. The van der Waals surface area contributed by atoms with Crippen LogP contribution in [-0.2, 0) is 16.0 Å². The number of nitrogens with one attached hydrogen (secondary N) is 3. The summed E-state index contributed by atoms with van der Waals surface area (Å²) in [5.74, 6) is 0.310. The molecule has 1 aromatic carbocycles. The molecule has 132 valence electrons. The van der Waals surface area contributed by atoms with Crippen molar-refractivity contribution >= 4 is 29.2 Å². The van der Waals surface area contributed by atoms with Crippen molar-refractivity contribution in [2.45, 2.75) is 39.0 Å². The smallest absolute Gasteiger partial charge is 0.229 e. The number of carbonyl (C=O) groups is 2. The zero-order valence-electron chi connectivity index (χ0n) is 14.0. The Kier molecular flexibility index (Phi) is 5.06. The highest BCUT2D eigenvalue weighted by Crippen LogP contribution is 2.18. The van der Waals surface area contributed by atoms with E-state index in [1.54, 1.807) is 22.9 Å². The van der Waals surface area contributed by atoms with Crippen molar-refractivity contribution in [3.8, 4) is 0 Å². The van der Waals surface area contributed by atoms with Gasteiger partial charge in [0.15, 0.2) is 6.29 Å². The van der Waals surface area contributed by atoms with Gasteiger partial charge in [-0.05, 0) is 31.5 Å². The van der Waals surface area contributed by atoms with Crippen LogP contribution in [0, 0.1) is 6.92 Å². The number of hydrogen-bond donors (Lipinski definition) is 3. The Bertz CT molecular complexity index is 787. The number of rotatable bonds is 4. The first-order valence-electron chi connectivity index (χ1n) is 8.06. The summed E-state index contributed by atoms with van der Waals surface area (Å²) in [4.78, 5) is 24.1. The fourth-order valence-corrected chi connectivity index (χ4v) is 2.90. The molecule has 1 aliphatic rings. The number of aromatic nitrogens is 2. The van der Waals surface area contributed by atoms with Crippen molar-refractivity contribution in [3.05, 3.63) is 46.6 Å². The van der Waals surface area contributed by atoms with E-state index in [-0.39, 0.29) is 24.3 Å². The Morgan fingerprint density at radius 3 is 2.80 bits per heavy atom. The van der Waals surface area contributed by atoms with Crippen LogP contribution in [0.5, 0.6) is 0 Å². The zero-order chi connectivity index (χ0) is 18.0. The molecule has 1 fully saturated rings. The number of anilines is 1. The number of carbonyl (C=O) groups excluding carboxylic acids is 2. The second kappa shape index (κ2) is 7.25. The van der Waals surface area contributed by atoms with Gasteiger partial charge in [0.1, 0.15) is 5.82 Å². The Balaban J connectivity index is 1.73. The van der Waals surface area contributed by atoms with E-state index in [1.807, 2.05) is 26.0 Å². The fourth-order valence-electron chi connectivity index (χ4n) is 2.77. The zero-order valence-corrected chi connectivity index (χ0v) is 14.8. The van der Waals surface area contributed by atoms with Gasteiger partial charge in [0, 0.05) is 23.6 Å². The lowest BCUT2D eigenvalue weighted by Gasteiger charge is -2.30. The first-order chi connectivity index (χ1) is 11.9. The maximum Gasteiger partial charge on any atom is 0.229 e. The Morgan fingerprint density at radius 1 is 1.40 bits per heavy atom. The minimum atomic E-state index is -0.490. The van der Waals surface area contributed by atoms with Gasteiger partial charge >= 0.3 is 0 Å². The second-order valence-corrected chi connectivity index (χ2v) is 6.65. The highest BCUT2D eigenvalue weighted by Gasteiger charge is 2.26. The number of aryl methyl sites for hydroxylation is 1. The summed E-state index contributed by atoms with van der Waals surface area (Å²) in [5, 5.41) is 14.0. The molecule has 2 aromatic rings. The molecule has 0 radical (unpaired) electrons. The summed E-state index contributed by atoms with van der Waals surface area (Å²) in [6.07, 6.45) is 0.146. The van der Waals surface area contributed by atoms with E-state index < -0.39 is 6.29 Å². The van der Waals surface area contributed by atoms with Crippen molar-refractivity contribution in [1.29, 1.82) is 0 Å². The Hall–Kier alpha value is -2.38. The van der Waals surface area contributed by atoms with E-state index in [9.17, 15) is 9.59 Å². The molecule has 2 heterocycles. The first-order valence-corrected chi connectivity index (χ1v) is 8.44. The van der Waals surface area contributed by atoms with Crippen LogP contribution in [0.3, 0.4) is 0 Å². The summed E-state index contributed by atoms with van der Waals surface area (Å²) < 4.78 is 1.59. The SMILES string of the molecule is Cc1cc(NC(=O)Cc2ccc(Cl)cc2)n(C2NC(=O)CC(C)N2)n1. The average molecular weight is 362 g/mol. The van der Waals surface area contributed by atoms with Crippen LogP contribution in [0.25, 0.3) is 0 Å². The van der Waals surface area contributed by atoms with Crippen molar-refractivity contribution < 1.29 is 9.59 Å². The fraction of sp³-hybridized carbons (Fsp3) is 0.353. The molecule has 0 saturated carbocycles. The number of benzene rings is 1. The lowest BCUT2D eigenvalue weighted by atomic mass is 10.1. The number of nitrogens with zero attached hydrogens (tertiary/aromatic N) is 2. The van der Waals surface area contributed by atoms with Crippen molar-refractivity contribution in [2.24, 2.45) is 0 Å². The molecular weight excluding hydrogens is 342 g/mol. The minimum absolute atomic E-state index is 0.0286. The van der Waals surface area contributed by atoms with Crippen LogP contribution < -0.4 is 16.0 Å². The van der Waals surface area contributed by atoms with Gasteiger partial charge in [0.2, 0.25) is 11.8 Å². The number of amides is 2. The topological polar surface area (TPSA) is 88.0 Å². The third-order valence-corrected chi connectivity index (χ3v) is 4.13. The van der Waals surface area contributed by atoms with Crippen LogP contribution in [0.2, 0.25) is 5.02 Å². The largest absolute Gasteiger partial charge is 0.322 e. The van der Waals surface area contributed by atoms with Gasteiger partial charge in [0.25, 0.3) is 0 Å². The molecule has 25 heavy (non-hydrogen) atoms. The summed E-state index contributed by atoms with van der Waals surface area (Å²) in [7, 11) is 0. The molecule has 8 heteroatoms. The van der Waals surface area contributed by atoms with E-state index in [0.29, 0.717) is 17.3 Å². The van der Waals surface area contributed by atoms with Gasteiger partial charge < -0.3 is 10.6 Å². The molecule has 3 rings (SSSR count). The molecule has 3 N–H and O–H groups in total. The first kappa shape index (κ1) is 17.4. The maximum atomic E-state index is 12.3. The highest BCUT2D eigenvalue weighted by atomic mass is 35.5. The van der Waals surface area contributed by atoms with E-state index in [2.05, 4.69) is 21.0 Å². The van der Waals surface area contributed by atoms with Crippen molar-refractivity contribution in [2.75, 3.05) is 5.32 Å². The van der Waals surface area contributed by atoms with Gasteiger partial charge in [-0.3, -0.25) is 14.9 Å². The van der Waals surface area contributed by atoms with Crippen molar-refractivity contribution in [1.82, 2.24) is 20.4 Å². The lowest BCUT2D eigenvalue weighted by Crippen LogP contribution is -2.52. The van der Waals surface area contributed by atoms with Crippen LogP contribution in [0.15, 0.2) is 30.3 Å². The molecule has 1 saturated heterocycles. The standard InChI is InChI=1S/C17H20ClN5O2/c1-10-8-15(24)21-17(19-10)23-14(7-11(2)22-23)20-16(25)9-12-3-5-13(18)6-4-12/h3-7,10,17,19H,8-9H2,1-2H3,(H,20,25)(H,21,24). The van der Waals surface area contributed by atoms with Gasteiger partial charge in [-0.25, -0.2) is 4.68 Å². The van der Waals surface area contributed by atoms with Gasteiger partial charge in [-0.1, -0.05) is 23.7 Å². The van der Waals surface area contributed by atoms with Gasteiger partial charge in [-0.15, -0.1) is 0 Å². The molecular formula is C17H20ClN5O2. The normalized spacial score (nSPS) is 20.2. The highest BCUT2D eigenvalue weighted by molar-refractivity contribution is 6.30. The van der Waals surface area contributed by atoms with E-state index in [4.69, 9.17) is 11.6 Å². The minimum Gasteiger partial charge on any atom is -0.322 e. The monoisotopic (exact) mass is 361 g/mol. The third-order valence-electron chi connectivity index (χ3n) is 3.88. The number of halogens is 1. The Morgan fingerprint density at radius 2 is 2.12 bits per heavy atom. The second-order valence-electron chi connectivity index (χ2n) is 6.21. The summed E-state index contributed by atoms with van der Waals surface area (Å²) in [6, 6.07) is 8.93. The average Bonchev–Trinajstić information content (AvgIpc) is 2.89. The van der Waals surface area contributed by atoms with Crippen LogP contribution >= 0.6 is 11.6 Å². The van der Waals surface area contributed by atoms with Gasteiger partial charge in [0.05, 0.1) is 12.1 Å². The molecule has 7 nitrogen and oxygen atoms in total. The van der Waals surface area contributed by atoms with Crippen LogP contribution in [0.1, 0.15) is 30.9 Å². The summed E-state index contributed by atoms with van der Waals surface area (Å²) in [5.41, 5.74) is 1.61. The maximum absolute atomic E-state index is 12.3. The van der Waals surface area contributed by atoms with E-state index in [1.165, 1.54) is 0 Å². The third kappa shape index (κ3) is 4.37. The van der Waals surface area contributed by atoms with Crippen molar-refractivity contribution in [3.63, 3.8) is 0 Å². The lowest BCUT2D eigenvalue weighted by molar-refractivity contribution is -0.125. The number of hydrogen-bond acceptors (Lipinski definition) is 4. The van der Waals surface area contributed by atoms with Crippen LogP contribution in [-0.4, -0.2) is 27.6 Å². The molecule has 1 aliphatic heterocycles. The van der Waals surface area contributed by atoms with Gasteiger partial charge in [-0.2, -0.15) is 5.10 Å². The quantitative estimate of drug-likeness (QED) is 0.777. The van der Waals surface area contributed by atoms with E-state index in [0.717, 1.165) is 11.3 Å². The Labute approximate surface area is 150 Å². The molecule has 2 amide bonds. The predicted molar refractivity (Wildman–Crippen MR) is 95.1 cm³/mol. The molecule has 1 aromatic heterocycles. The predicted octanol–water partition coefficient (Wildman–Crippen LogP) is 1.98. The molecule has 0 bridgehead atoms.